The molecule has 1 heterocycles. The predicted molar refractivity (Wildman–Crippen MR) is 62.2 cm³/mol. The predicted octanol–water partition coefficient (Wildman–Crippen LogP) is 2.34. The van der Waals surface area contributed by atoms with E-state index in [0.29, 0.717) is 5.82 Å². The number of aryl methyl sites for hydroxylation is 1. The molecular formula is C12H13N3. The Hall–Kier alpha value is -1.87. The number of nitrogens with one attached hydrogen (secondary N) is 1. The van der Waals surface area contributed by atoms with E-state index in [-0.39, 0.29) is 0 Å². The van der Waals surface area contributed by atoms with Crippen LogP contribution in [0.2, 0.25) is 0 Å². The zero-order valence-corrected chi connectivity index (χ0v) is 8.57. The van der Waals surface area contributed by atoms with Gasteiger partial charge in [-0.1, -0.05) is 29.8 Å². The molecule has 0 bridgehead atoms. The first-order valence-electron chi connectivity index (χ1n) is 4.79. The van der Waals surface area contributed by atoms with Gasteiger partial charge in [0.2, 0.25) is 0 Å². The van der Waals surface area contributed by atoms with Crippen LogP contribution < -0.4 is 11.3 Å². The number of nitrogens with zero attached hydrogens (tertiary/aromatic N) is 1. The molecule has 0 spiro atoms. The second-order valence-electron chi connectivity index (χ2n) is 3.45. The topological polar surface area (TPSA) is 50.9 Å². The molecule has 0 fully saturated rings. The third-order valence-electron chi connectivity index (χ3n) is 2.26. The second-order valence-corrected chi connectivity index (χ2v) is 3.45. The highest BCUT2D eigenvalue weighted by molar-refractivity contribution is 5.64. The number of benzene rings is 1. The van der Waals surface area contributed by atoms with E-state index in [9.17, 15) is 0 Å². The first kappa shape index (κ1) is 9.68. The van der Waals surface area contributed by atoms with Crippen LogP contribution >= 0.6 is 0 Å². The zero-order chi connectivity index (χ0) is 10.7. The number of hydrogen-bond donors (Lipinski definition) is 2. The highest BCUT2D eigenvalue weighted by Gasteiger charge is 1.98. The van der Waals surface area contributed by atoms with Gasteiger partial charge in [-0.05, 0) is 24.6 Å². The fourth-order valence-corrected chi connectivity index (χ4v) is 1.47. The van der Waals surface area contributed by atoms with Gasteiger partial charge in [0.1, 0.15) is 5.82 Å². The summed E-state index contributed by atoms with van der Waals surface area (Å²) < 4.78 is 0. The first-order valence-corrected chi connectivity index (χ1v) is 4.79. The maximum Gasteiger partial charge on any atom is 0.139 e. The Morgan fingerprint density at radius 3 is 2.60 bits per heavy atom. The van der Waals surface area contributed by atoms with Gasteiger partial charge in [-0.3, -0.25) is 0 Å². The Bertz CT molecular complexity index is 449. The van der Waals surface area contributed by atoms with Gasteiger partial charge in [0, 0.05) is 11.8 Å². The van der Waals surface area contributed by atoms with Crippen LogP contribution in [-0.2, 0) is 0 Å². The molecule has 0 amide bonds. The van der Waals surface area contributed by atoms with Crippen molar-refractivity contribution < 1.29 is 0 Å². The lowest BCUT2D eigenvalue weighted by Crippen LogP contribution is -2.07. The van der Waals surface area contributed by atoms with Crippen molar-refractivity contribution in [3.8, 4) is 11.1 Å². The third kappa shape index (κ3) is 2.14. The molecule has 3 heteroatoms. The molecule has 0 atom stereocenters. The van der Waals surface area contributed by atoms with E-state index in [1.54, 1.807) is 0 Å². The largest absolute Gasteiger partial charge is 0.308 e. The highest BCUT2D eigenvalue weighted by atomic mass is 15.2. The van der Waals surface area contributed by atoms with Crippen LogP contribution in [0, 0.1) is 6.92 Å². The van der Waals surface area contributed by atoms with Gasteiger partial charge in [0.25, 0.3) is 0 Å². The van der Waals surface area contributed by atoms with E-state index in [0.717, 1.165) is 5.56 Å². The second kappa shape index (κ2) is 4.11. The summed E-state index contributed by atoms with van der Waals surface area (Å²) in [5, 5.41) is 0. The molecule has 0 unspecified atom stereocenters. The van der Waals surface area contributed by atoms with Gasteiger partial charge in [0.05, 0.1) is 0 Å². The number of hydrogen-bond acceptors (Lipinski definition) is 3. The van der Waals surface area contributed by atoms with Crippen LogP contribution in [-0.4, -0.2) is 4.98 Å². The SMILES string of the molecule is Cc1cccc(-c2ccc(NN)nc2)c1. The van der Waals surface area contributed by atoms with E-state index >= 15 is 0 Å². The molecule has 0 radical (unpaired) electrons. The van der Waals surface area contributed by atoms with Gasteiger partial charge >= 0.3 is 0 Å². The molecule has 3 N–H and O–H groups in total. The summed E-state index contributed by atoms with van der Waals surface area (Å²) in [6, 6.07) is 12.2. The molecule has 15 heavy (non-hydrogen) atoms. The van der Waals surface area contributed by atoms with Crippen molar-refractivity contribution in [2.45, 2.75) is 6.92 Å². The third-order valence-corrected chi connectivity index (χ3v) is 2.26. The lowest BCUT2D eigenvalue weighted by atomic mass is 10.1. The summed E-state index contributed by atoms with van der Waals surface area (Å²) in [6.07, 6.45) is 1.81. The van der Waals surface area contributed by atoms with Crippen LogP contribution in [0.25, 0.3) is 11.1 Å². The lowest BCUT2D eigenvalue weighted by Gasteiger charge is -2.03. The molecule has 0 saturated carbocycles. The molecule has 0 aliphatic heterocycles. The van der Waals surface area contributed by atoms with E-state index in [4.69, 9.17) is 5.84 Å². The minimum absolute atomic E-state index is 0.673. The standard InChI is InChI=1S/C12H13N3/c1-9-3-2-4-10(7-9)11-5-6-12(15-13)14-8-11/h2-8H,13H2,1H3,(H,14,15). The van der Waals surface area contributed by atoms with Gasteiger partial charge in [-0.2, -0.15) is 0 Å². The number of rotatable bonds is 2. The summed E-state index contributed by atoms with van der Waals surface area (Å²) in [7, 11) is 0. The summed E-state index contributed by atoms with van der Waals surface area (Å²) in [4.78, 5) is 4.17. The fraction of sp³-hybridized carbons (Fsp3) is 0.0833. The molecule has 2 rings (SSSR count). The monoisotopic (exact) mass is 199 g/mol. The normalized spacial score (nSPS) is 10.0. The Labute approximate surface area is 88.9 Å². The average Bonchev–Trinajstić information content (AvgIpc) is 2.29. The Balaban J connectivity index is 2.37. The van der Waals surface area contributed by atoms with Crippen LogP contribution in [0.4, 0.5) is 5.82 Å². The molecular weight excluding hydrogens is 186 g/mol. The van der Waals surface area contributed by atoms with Gasteiger partial charge in [-0.15, -0.1) is 0 Å². The minimum Gasteiger partial charge on any atom is -0.308 e. The molecule has 0 aliphatic carbocycles. The maximum absolute atomic E-state index is 5.25. The highest BCUT2D eigenvalue weighted by Crippen LogP contribution is 2.20. The summed E-state index contributed by atoms with van der Waals surface area (Å²) in [6.45, 7) is 2.08. The zero-order valence-electron chi connectivity index (χ0n) is 8.57. The van der Waals surface area contributed by atoms with Crippen molar-refractivity contribution in [2.24, 2.45) is 5.84 Å². The van der Waals surface area contributed by atoms with E-state index in [1.807, 2.05) is 24.4 Å². The summed E-state index contributed by atoms with van der Waals surface area (Å²) >= 11 is 0. The van der Waals surface area contributed by atoms with Crippen LogP contribution in [0.3, 0.4) is 0 Å². The van der Waals surface area contributed by atoms with Crippen LogP contribution in [0.15, 0.2) is 42.6 Å². The van der Waals surface area contributed by atoms with Crippen molar-refractivity contribution in [3.05, 3.63) is 48.2 Å². The van der Waals surface area contributed by atoms with Crippen molar-refractivity contribution >= 4 is 5.82 Å². The quantitative estimate of drug-likeness (QED) is 0.576. The van der Waals surface area contributed by atoms with Crippen molar-refractivity contribution in [2.75, 3.05) is 5.43 Å². The van der Waals surface area contributed by atoms with Crippen molar-refractivity contribution in [1.29, 1.82) is 0 Å². The van der Waals surface area contributed by atoms with Gasteiger partial charge in [-0.25, -0.2) is 10.8 Å². The Kier molecular flexibility index (Phi) is 2.65. The summed E-state index contributed by atoms with van der Waals surface area (Å²) in [5.41, 5.74) is 6.02. The van der Waals surface area contributed by atoms with Crippen LogP contribution in [0.1, 0.15) is 5.56 Å². The maximum atomic E-state index is 5.25. The Morgan fingerprint density at radius 2 is 2.00 bits per heavy atom. The number of aromatic nitrogens is 1. The molecule has 1 aromatic carbocycles. The molecule has 0 aliphatic rings. The summed E-state index contributed by atoms with van der Waals surface area (Å²) in [5.74, 6) is 5.92. The lowest BCUT2D eigenvalue weighted by molar-refractivity contribution is 1.23. The number of hydrazine groups is 1. The number of nitrogens with two attached hydrogens (primary N) is 1. The fourth-order valence-electron chi connectivity index (χ4n) is 1.47. The smallest absolute Gasteiger partial charge is 0.139 e. The van der Waals surface area contributed by atoms with Crippen LogP contribution in [0.5, 0.6) is 0 Å². The Morgan fingerprint density at radius 1 is 1.13 bits per heavy atom. The molecule has 1 aromatic heterocycles. The average molecular weight is 199 g/mol. The minimum atomic E-state index is 0.673. The van der Waals surface area contributed by atoms with E-state index in [1.165, 1.54) is 11.1 Å². The van der Waals surface area contributed by atoms with Crippen molar-refractivity contribution in [1.82, 2.24) is 4.98 Å². The number of nitrogen functional groups attached to an aromatic ring is 1. The molecule has 3 nitrogen and oxygen atoms in total. The molecule has 2 aromatic rings. The van der Waals surface area contributed by atoms with Gasteiger partial charge in [0.15, 0.2) is 0 Å². The van der Waals surface area contributed by atoms with E-state index < -0.39 is 0 Å². The number of anilines is 1. The van der Waals surface area contributed by atoms with Gasteiger partial charge < -0.3 is 5.43 Å². The number of pyridine rings is 1. The van der Waals surface area contributed by atoms with Crippen molar-refractivity contribution in [3.63, 3.8) is 0 Å². The first-order chi connectivity index (χ1) is 7.29. The molecule has 76 valence electrons. The molecule has 0 saturated heterocycles. The van der Waals surface area contributed by atoms with E-state index in [2.05, 4.69) is 35.5 Å².